The number of nitrogens with zero attached hydrogens (tertiary/aromatic N) is 4. The van der Waals surface area contributed by atoms with Crippen molar-refractivity contribution in [1.82, 2.24) is 9.78 Å². The van der Waals surface area contributed by atoms with Crippen LogP contribution >= 0.6 is 0 Å². The van der Waals surface area contributed by atoms with Crippen LogP contribution < -0.4 is 11.1 Å². The van der Waals surface area contributed by atoms with Crippen LogP contribution in [0.1, 0.15) is 23.2 Å². The van der Waals surface area contributed by atoms with E-state index in [9.17, 15) is 19.8 Å². The number of aryl methyl sites for hydroxylation is 2. The molecule has 3 rings (SSSR count). The van der Waals surface area contributed by atoms with E-state index >= 15 is 0 Å². The van der Waals surface area contributed by atoms with Crippen LogP contribution in [0.15, 0.2) is 42.5 Å². The summed E-state index contributed by atoms with van der Waals surface area (Å²) in [5.41, 5.74) is 8.94. The molecular formula is C20H19FN6O2. The molecule has 0 unspecified atom stereocenters. The summed E-state index contributed by atoms with van der Waals surface area (Å²) in [4.78, 5) is 10.5. The summed E-state index contributed by atoms with van der Waals surface area (Å²) in [5, 5.41) is 27.9. The van der Waals surface area contributed by atoms with Crippen LogP contribution in [-0.4, -0.2) is 21.2 Å². The Morgan fingerprint density at radius 1 is 1.31 bits per heavy atom. The fraction of sp³-hybridized carbons (Fsp3) is 0.200. The van der Waals surface area contributed by atoms with E-state index in [1.807, 2.05) is 0 Å². The third kappa shape index (κ3) is 4.32. The van der Waals surface area contributed by atoms with Crippen LogP contribution in [0.25, 0.3) is 5.69 Å². The number of aromatic nitrogens is 2. The molecule has 0 spiro atoms. The summed E-state index contributed by atoms with van der Waals surface area (Å²) in [7, 11) is 0. The van der Waals surface area contributed by atoms with Crippen molar-refractivity contribution < 1.29 is 9.31 Å². The van der Waals surface area contributed by atoms with E-state index in [4.69, 9.17) is 5.73 Å². The lowest BCUT2D eigenvalue weighted by Gasteiger charge is -2.07. The Morgan fingerprint density at radius 3 is 2.66 bits per heavy atom. The maximum absolute atomic E-state index is 13.1. The minimum absolute atomic E-state index is 0.0796. The highest BCUT2D eigenvalue weighted by molar-refractivity contribution is 5.56. The zero-order valence-corrected chi connectivity index (χ0v) is 15.7. The SMILES string of the molecule is Cc1cc(NCCCc2nn(-c3ccc(F)cc3)c(N)c2C#N)ccc1[N+](=O)[O-]. The second-order valence-corrected chi connectivity index (χ2v) is 6.50. The molecule has 8 nitrogen and oxygen atoms in total. The number of nitro benzene ring substituents is 1. The van der Waals surface area contributed by atoms with Crippen LogP contribution in [0, 0.1) is 34.2 Å². The number of anilines is 2. The number of halogens is 1. The van der Waals surface area contributed by atoms with Crippen molar-refractivity contribution in [2.75, 3.05) is 17.6 Å². The first-order valence-electron chi connectivity index (χ1n) is 8.93. The molecule has 9 heteroatoms. The summed E-state index contributed by atoms with van der Waals surface area (Å²) < 4.78 is 14.6. The molecule has 0 saturated carbocycles. The van der Waals surface area contributed by atoms with Gasteiger partial charge < -0.3 is 11.1 Å². The van der Waals surface area contributed by atoms with Gasteiger partial charge in [-0.3, -0.25) is 10.1 Å². The third-order valence-electron chi connectivity index (χ3n) is 4.49. The zero-order chi connectivity index (χ0) is 21.0. The molecule has 0 aliphatic carbocycles. The van der Waals surface area contributed by atoms with Gasteiger partial charge in [0.05, 0.1) is 16.3 Å². The predicted molar refractivity (Wildman–Crippen MR) is 107 cm³/mol. The summed E-state index contributed by atoms with van der Waals surface area (Å²) in [5.74, 6) is -0.152. The Balaban J connectivity index is 1.66. The van der Waals surface area contributed by atoms with Gasteiger partial charge in [0.25, 0.3) is 5.69 Å². The maximum Gasteiger partial charge on any atom is 0.272 e. The average Bonchev–Trinajstić information content (AvgIpc) is 3.01. The second-order valence-electron chi connectivity index (χ2n) is 6.50. The third-order valence-corrected chi connectivity index (χ3v) is 4.49. The number of rotatable bonds is 7. The Labute approximate surface area is 166 Å². The first-order chi connectivity index (χ1) is 13.9. The molecule has 0 aliphatic heterocycles. The molecule has 0 radical (unpaired) electrons. The Morgan fingerprint density at radius 2 is 2.03 bits per heavy atom. The molecule has 3 N–H and O–H groups in total. The van der Waals surface area contributed by atoms with Crippen molar-refractivity contribution in [2.24, 2.45) is 0 Å². The van der Waals surface area contributed by atoms with E-state index in [1.54, 1.807) is 31.2 Å². The molecule has 29 heavy (non-hydrogen) atoms. The van der Waals surface area contributed by atoms with Gasteiger partial charge in [0.1, 0.15) is 23.3 Å². The topological polar surface area (TPSA) is 123 Å². The quantitative estimate of drug-likeness (QED) is 0.358. The van der Waals surface area contributed by atoms with Gasteiger partial charge in [0, 0.05) is 23.9 Å². The molecule has 0 atom stereocenters. The van der Waals surface area contributed by atoms with Gasteiger partial charge in [-0.15, -0.1) is 0 Å². The molecule has 0 aliphatic rings. The molecule has 1 aromatic heterocycles. The Kier molecular flexibility index (Phi) is 5.74. The number of benzene rings is 2. The van der Waals surface area contributed by atoms with Crippen LogP contribution in [-0.2, 0) is 6.42 Å². The van der Waals surface area contributed by atoms with Crippen LogP contribution in [0.3, 0.4) is 0 Å². The van der Waals surface area contributed by atoms with Crippen LogP contribution in [0.4, 0.5) is 21.6 Å². The van der Waals surface area contributed by atoms with E-state index in [1.165, 1.54) is 22.9 Å². The minimum atomic E-state index is -0.412. The number of hydrogen-bond donors (Lipinski definition) is 2. The first-order valence-corrected chi connectivity index (χ1v) is 8.93. The molecule has 0 fully saturated rings. The maximum atomic E-state index is 13.1. The van der Waals surface area contributed by atoms with Crippen molar-refractivity contribution >= 4 is 17.2 Å². The molecule has 0 bridgehead atoms. The molecule has 0 amide bonds. The molecule has 0 saturated heterocycles. The highest BCUT2D eigenvalue weighted by Crippen LogP contribution is 2.23. The van der Waals surface area contributed by atoms with E-state index in [0.29, 0.717) is 41.9 Å². The lowest BCUT2D eigenvalue weighted by Crippen LogP contribution is -2.05. The summed E-state index contributed by atoms with van der Waals surface area (Å²) in [6, 6.07) is 12.6. The van der Waals surface area contributed by atoms with Crippen LogP contribution in [0.2, 0.25) is 0 Å². The largest absolute Gasteiger partial charge is 0.385 e. The highest BCUT2D eigenvalue weighted by atomic mass is 19.1. The number of nitrogens with two attached hydrogens (primary N) is 1. The number of nitro groups is 1. The van der Waals surface area contributed by atoms with Crippen molar-refractivity contribution in [3.05, 3.63) is 75.2 Å². The van der Waals surface area contributed by atoms with Gasteiger partial charge in [-0.05, 0) is 56.2 Å². The van der Waals surface area contributed by atoms with Gasteiger partial charge in [-0.2, -0.15) is 10.4 Å². The van der Waals surface area contributed by atoms with Gasteiger partial charge in [0.15, 0.2) is 0 Å². The number of nitriles is 1. The molecule has 148 valence electrons. The van der Waals surface area contributed by atoms with Crippen LogP contribution in [0.5, 0.6) is 0 Å². The van der Waals surface area contributed by atoms with Gasteiger partial charge >= 0.3 is 0 Å². The Bertz CT molecular complexity index is 1090. The first kappa shape index (κ1) is 19.8. The zero-order valence-electron chi connectivity index (χ0n) is 15.7. The summed E-state index contributed by atoms with van der Waals surface area (Å²) >= 11 is 0. The van der Waals surface area contributed by atoms with E-state index in [-0.39, 0.29) is 17.3 Å². The molecule has 2 aromatic carbocycles. The molecule has 1 heterocycles. The van der Waals surface area contributed by atoms with Gasteiger partial charge in [-0.1, -0.05) is 0 Å². The normalized spacial score (nSPS) is 10.5. The van der Waals surface area contributed by atoms with Crippen molar-refractivity contribution in [1.29, 1.82) is 5.26 Å². The second kappa shape index (κ2) is 8.39. The van der Waals surface area contributed by atoms with E-state index < -0.39 is 4.92 Å². The lowest BCUT2D eigenvalue weighted by molar-refractivity contribution is -0.385. The fourth-order valence-electron chi connectivity index (χ4n) is 3.01. The number of nitrogen functional groups attached to an aromatic ring is 1. The van der Waals surface area contributed by atoms with Gasteiger partial charge in [0.2, 0.25) is 0 Å². The monoisotopic (exact) mass is 394 g/mol. The predicted octanol–water partition coefficient (Wildman–Crippen LogP) is 3.73. The minimum Gasteiger partial charge on any atom is -0.385 e. The Hall–Kier alpha value is -3.93. The van der Waals surface area contributed by atoms with E-state index in [2.05, 4.69) is 16.5 Å². The summed E-state index contributed by atoms with van der Waals surface area (Å²) in [6.07, 6.45) is 1.19. The van der Waals surface area contributed by atoms with Gasteiger partial charge in [-0.25, -0.2) is 9.07 Å². The fourth-order valence-corrected chi connectivity index (χ4v) is 3.01. The highest BCUT2D eigenvalue weighted by Gasteiger charge is 2.16. The molecule has 3 aromatic rings. The smallest absolute Gasteiger partial charge is 0.272 e. The summed E-state index contributed by atoms with van der Waals surface area (Å²) in [6.45, 7) is 2.28. The lowest BCUT2D eigenvalue weighted by atomic mass is 10.1. The molecular weight excluding hydrogens is 375 g/mol. The average molecular weight is 394 g/mol. The van der Waals surface area contributed by atoms with Crippen molar-refractivity contribution in [2.45, 2.75) is 19.8 Å². The number of nitrogens with one attached hydrogen (secondary N) is 1. The standard InChI is InChI=1S/C20H19FN6O2/c1-13-11-15(6-9-19(13)27(28)29)24-10-2-3-18-17(12-22)20(23)26(25-18)16-7-4-14(21)5-8-16/h4-9,11,24H,2-3,10,23H2,1H3. The van der Waals surface area contributed by atoms with Crippen molar-refractivity contribution in [3.8, 4) is 11.8 Å². The number of hydrogen-bond acceptors (Lipinski definition) is 6. The van der Waals surface area contributed by atoms with E-state index in [0.717, 1.165) is 5.69 Å². The van der Waals surface area contributed by atoms with Crippen molar-refractivity contribution in [3.63, 3.8) is 0 Å².